The van der Waals surface area contributed by atoms with Crippen LogP contribution in [0.4, 0.5) is 5.69 Å². The van der Waals surface area contributed by atoms with Crippen LogP contribution in [0, 0.1) is 6.92 Å². The van der Waals surface area contributed by atoms with E-state index in [-0.39, 0.29) is 11.8 Å². The zero-order chi connectivity index (χ0) is 24.4. The largest absolute Gasteiger partial charge is 0.336 e. The Bertz CT molecular complexity index is 1410. The highest BCUT2D eigenvalue weighted by Crippen LogP contribution is 2.25. The maximum absolute atomic E-state index is 13.2. The molecule has 1 fully saturated rings. The molecule has 2 aromatic carbocycles. The van der Waals surface area contributed by atoms with Crippen molar-refractivity contribution < 1.29 is 9.59 Å². The quantitative estimate of drug-likeness (QED) is 0.428. The molecule has 0 atom stereocenters. The lowest BCUT2D eigenvalue weighted by atomic mass is 10.1. The minimum Gasteiger partial charge on any atom is -0.336 e. The molecule has 2 N–H and O–H groups in total. The van der Waals surface area contributed by atoms with Crippen LogP contribution in [0.15, 0.2) is 53.9 Å². The van der Waals surface area contributed by atoms with E-state index in [1.165, 1.54) is 11.3 Å². The molecule has 0 radical (unpaired) electrons. The molecule has 8 heteroatoms. The third-order valence-corrected chi connectivity index (χ3v) is 7.34. The second-order valence-corrected chi connectivity index (χ2v) is 9.69. The number of hydrogen-bond donors (Lipinski definition) is 2. The van der Waals surface area contributed by atoms with E-state index in [0.29, 0.717) is 29.2 Å². The highest BCUT2D eigenvalue weighted by atomic mass is 32.1. The first-order chi connectivity index (χ1) is 17.0. The van der Waals surface area contributed by atoms with Crippen LogP contribution in [0.5, 0.6) is 0 Å². The topological polar surface area (TPSA) is 81.3 Å². The van der Waals surface area contributed by atoms with Gasteiger partial charge in [0.25, 0.3) is 11.8 Å². The fraction of sp³-hybridized carbons (Fsp3) is 0.222. The standard InChI is InChI=1S/C27H27N5O2S/c1-18-11-16-35-25(18)26(33)28-24-17-20(27(34)32-14-12-31(2)13-15-32)8-7-19(24)9-10-23-21-5-3-4-6-22(21)29-30-23/h3-11,16-17H,12-15H2,1-2H3,(H,28,33)(H,29,30)/b10-9+. The van der Waals surface area contributed by atoms with E-state index in [9.17, 15) is 9.59 Å². The van der Waals surface area contributed by atoms with Gasteiger partial charge in [-0.05, 0) is 60.8 Å². The van der Waals surface area contributed by atoms with E-state index in [1.807, 2.05) is 71.8 Å². The summed E-state index contributed by atoms with van der Waals surface area (Å²) >= 11 is 1.40. The Labute approximate surface area is 208 Å². The number of H-pyrrole nitrogens is 1. The number of nitrogens with zero attached hydrogens (tertiary/aromatic N) is 3. The van der Waals surface area contributed by atoms with Crippen molar-refractivity contribution in [3.63, 3.8) is 0 Å². The van der Waals surface area contributed by atoms with Crippen molar-refractivity contribution in [1.82, 2.24) is 20.0 Å². The maximum Gasteiger partial charge on any atom is 0.266 e. The summed E-state index contributed by atoms with van der Waals surface area (Å²) < 4.78 is 0. The molecule has 0 aliphatic carbocycles. The van der Waals surface area contributed by atoms with E-state index in [2.05, 4.69) is 27.5 Å². The maximum atomic E-state index is 13.2. The number of benzene rings is 2. The van der Waals surface area contributed by atoms with Crippen molar-refractivity contribution in [2.75, 3.05) is 38.5 Å². The van der Waals surface area contributed by atoms with Crippen LogP contribution in [-0.2, 0) is 0 Å². The third kappa shape index (κ3) is 4.89. The number of fused-ring (bicyclic) bond motifs is 1. The van der Waals surface area contributed by atoms with Gasteiger partial charge in [0.15, 0.2) is 0 Å². The fourth-order valence-electron chi connectivity index (χ4n) is 4.20. The van der Waals surface area contributed by atoms with E-state index in [4.69, 9.17) is 0 Å². The zero-order valence-corrected chi connectivity index (χ0v) is 20.6. The number of aromatic amines is 1. The van der Waals surface area contributed by atoms with E-state index < -0.39 is 0 Å². The third-order valence-electron chi connectivity index (χ3n) is 6.33. The highest BCUT2D eigenvalue weighted by Gasteiger charge is 2.21. The Kier molecular flexibility index (Phi) is 6.48. The molecular weight excluding hydrogens is 458 g/mol. The van der Waals surface area contributed by atoms with Gasteiger partial charge in [-0.2, -0.15) is 5.10 Å². The lowest BCUT2D eigenvalue weighted by Crippen LogP contribution is -2.47. The summed E-state index contributed by atoms with van der Waals surface area (Å²) in [4.78, 5) is 31.0. The van der Waals surface area contributed by atoms with Gasteiger partial charge in [-0.3, -0.25) is 14.7 Å². The Morgan fingerprint density at radius 1 is 1.06 bits per heavy atom. The smallest absolute Gasteiger partial charge is 0.266 e. The van der Waals surface area contributed by atoms with Crippen molar-refractivity contribution in [3.05, 3.63) is 81.2 Å². The van der Waals surface area contributed by atoms with Gasteiger partial charge in [0.1, 0.15) is 0 Å². The predicted octanol–water partition coefficient (Wildman–Crippen LogP) is 4.74. The summed E-state index contributed by atoms with van der Waals surface area (Å²) in [7, 11) is 2.06. The van der Waals surface area contributed by atoms with E-state index in [0.717, 1.165) is 40.8 Å². The SMILES string of the molecule is Cc1ccsc1C(=O)Nc1cc(C(=O)N2CCN(C)CC2)ccc1/C=C/c1n[nH]c2ccccc12. The number of aryl methyl sites for hydroxylation is 1. The van der Waals surface area contributed by atoms with Gasteiger partial charge in [0.05, 0.1) is 16.1 Å². The number of rotatable bonds is 5. The molecule has 0 bridgehead atoms. The molecule has 7 nitrogen and oxygen atoms in total. The molecule has 178 valence electrons. The molecule has 0 spiro atoms. The molecule has 2 aromatic heterocycles. The summed E-state index contributed by atoms with van der Waals surface area (Å²) in [6.45, 7) is 5.01. The molecule has 35 heavy (non-hydrogen) atoms. The van der Waals surface area contributed by atoms with Crippen molar-refractivity contribution >= 4 is 51.9 Å². The second-order valence-electron chi connectivity index (χ2n) is 8.77. The van der Waals surface area contributed by atoms with Crippen LogP contribution in [-0.4, -0.2) is 65.0 Å². The first-order valence-electron chi connectivity index (χ1n) is 11.6. The number of para-hydroxylation sites is 1. The number of likely N-dealkylation sites (N-methyl/N-ethyl adjacent to an activating group) is 1. The summed E-state index contributed by atoms with van der Waals surface area (Å²) in [6.07, 6.45) is 3.84. The van der Waals surface area contributed by atoms with E-state index >= 15 is 0 Å². The Morgan fingerprint density at radius 2 is 1.86 bits per heavy atom. The van der Waals surface area contributed by atoms with Crippen LogP contribution in [0.2, 0.25) is 0 Å². The molecule has 0 saturated carbocycles. The summed E-state index contributed by atoms with van der Waals surface area (Å²) in [5.41, 5.74) is 4.66. The first-order valence-corrected chi connectivity index (χ1v) is 12.5. The average molecular weight is 486 g/mol. The second kappa shape index (κ2) is 9.85. The number of carbonyl (C=O) groups is 2. The van der Waals surface area contributed by atoms with Crippen molar-refractivity contribution in [2.24, 2.45) is 0 Å². The van der Waals surface area contributed by atoms with Crippen LogP contribution >= 0.6 is 11.3 Å². The fourth-order valence-corrected chi connectivity index (χ4v) is 5.02. The van der Waals surface area contributed by atoms with Gasteiger partial charge < -0.3 is 15.1 Å². The first kappa shape index (κ1) is 23.0. The molecular formula is C27H27N5O2S. The number of carbonyl (C=O) groups excluding carboxylic acids is 2. The van der Waals surface area contributed by atoms with Gasteiger partial charge in [-0.15, -0.1) is 11.3 Å². The molecule has 5 rings (SSSR count). The normalized spacial score (nSPS) is 14.6. The van der Waals surface area contributed by atoms with Crippen LogP contribution in [0.25, 0.3) is 23.1 Å². The molecule has 0 unspecified atom stereocenters. The van der Waals surface area contributed by atoms with Gasteiger partial charge in [0.2, 0.25) is 0 Å². The molecule has 1 saturated heterocycles. The molecule has 1 aliphatic heterocycles. The lowest BCUT2D eigenvalue weighted by molar-refractivity contribution is 0.0664. The number of anilines is 1. The number of amides is 2. The number of hydrogen-bond acceptors (Lipinski definition) is 5. The minimum absolute atomic E-state index is 0.0188. The Balaban J connectivity index is 1.47. The number of thiophene rings is 1. The minimum atomic E-state index is -0.179. The monoisotopic (exact) mass is 485 g/mol. The number of aromatic nitrogens is 2. The van der Waals surface area contributed by atoms with Crippen LogP contribution in [0.3, 0.4) is 0 Å². The van der Waals surface area contributed by atoms with Gasteiger partial charge in [-0.1, -0.05) is 30.3 Å². The molecule has 2 amide bonds. The van der Waals surface area contributed by atoms with Crippen LogP contribution < -0.4 is 5.32 Å². The molecule has 1 aliphatic rings. The van der Waals surface area contributed by atoms with Gasteiger partial charge in [0, 0.05) is 42.8 Å². The summed E-state index contributed by atoms with van der Waals surface area (Å²) in [5, 5.41) is 13.4. The predicted molar refractivity (Wildman–Crippen MR) is 142 cm³/mol. The highest BCUT2D eigenvalue weighted by molar-refractivity contribution is 7.12. The summed E-state index contributed by atoms with van der Waals surface area (Å²) in [6, 6.07) is 15.3. The van der Waals surface area contributed by atoms with Crippen LogP contribution in [0.1, 0.15) is 36.9 Å². The van der Waals surface area contributed by atoms with Gasteiger partial charge in [-0.25, -0.2) is 0 Å². The van der Waals surface area contributed by atoms with Crippen molar-refractivity contribution in [1.29, 1.82) is 0 Å². The zero-order valence-electron chi connectivity index (χ0n) is 19.7. The Hall–Kier alpha value is -3.75. The average Bonchev–Trinajstić information content (AvgIpc) is 3.49. The Morgan fingerprint density at radius 3 is 2.63 bits per heavy atom. The number of nitrogens with one attached hydrogen (secondary N) is 2. The molecule has 4 aromatic rings. The molecule has 3 heterocycles. The van der Waals surface area contributed by atoms with Crippen molar-refractivity contribution in [2.45, 2.75) is 6.92 Å². The van der Waals surface area contributed by atoms with Crippen molar-refractivity contribution in [3.8, 4) is 0 Å². The van der Waals surface area contributed by atoms with E-state index in [1.54, 1.807) is 6.07 Å². The number of piperazine rings is 1. The lowest BCUT2D eigenvalue weighted by Gasteiger charge is -2.32. The van der Waals surface area contributed by atoms with Gasteiger partial charge >= 0.3 is 0 Å². The summed E-state index contributed by atoms with van der Waals surface area (Å²) in [5.74, 6) is -0.198.